The van der Waals surface area contributed by atoms with Crippen LogP contribution in [-0.2, 0) is 17.8 Å². The van der Waals surface area contributed by atoms with E-state index >= 15 is 8.78 Å². The molecule has 4 fully saturated rings. The zero-order valence-electron chi connectivity index (χ0n) is 35.6. The summed E-state index contributed by atoms with van der Waals surface area (Å²) < 4.78 is 47.4. The minimum absolute atomic E-state index is 0.1000. The van der Waals surface area contributed by atoms with Crippen LogP contribution >= 0.6 is 11.6 Å². The molecule has 65 heavy (non-hydrogen) atoms. The molecule has 1 spiro atoms. The number of halogens is 4. The second kappa shape index (κ2) is 16.6. The van der Waals surface area contributed by atoms with Crippen LogP contribution < -0.4 is 25.8 Å². The van der Waals surface area contributed by atoms with Gasteiger partial charge >= 0.3 is 6.03 Å². The Morgan fingerprint density at radius 3 is 2.42 bits per heavy atom. The SMILES string of the molecule is CNc1cc(N2CCc3c(-c4ccc(CN5CCC6(CCN(C(=O)c7ccc(Cl)c(N8CCC(=O)NC8=O)c7)CC6)C(F)(F)C5)cn4)cccc32)nn2c(C(=O)NC3CC(F)C3)cnc12. The number of hydrogen-bond acceptors (Lipinski definition) is 10. The van der Waals surface area contributed by atoms with Crippen LogP contribution in [0.15, 0.2) is 67.0 Å². The molecule has 10 rings (SSSR count). The number of carbonyl (C=O) groups excluding carboxylic acids is 4. The van der Waals surface area contributed by atoms with Crippen LogP contribution in [0.5, 0.6) is 0 Å². The van der Waals surface area contributed by atoms with Gasteiger partial charge in [-0.2, -0.15) is 0 Å². The maximum atomic E-state index is 16.2. The van der Waals surface area contributed by atoms with Crippen molar-refractivity contribution in [2.45, 2.75) is 69.6 Å². The highest BCUT2D eigenvalue weighted by molar-refractivity contribution is 6.34. The lowest BCUT2D eigenvalue weighted by molar-refractivity contribution is -0.186. The maximum absolute atomic E-state index is 16.2. The van der Waals surface area contributed by atoms with E-state index in [0.717, 1.165) is 28.1 Å². The van der Waals surface area contributed by atoms with E-state index in [1.165, 1.54) is 27.7 Å². The number of nitrogens with zero attached hydrogens (tertiary/aromatic N) is 8. The van der Waals surface area contributed by atoms with Gasteiger partial charge in [0.15, 0.2) is 17.2 Å². The Morgan fingerprint density at radius 2 is 1.69 bits per heavy atom. The molecule has 4 aliphatic heterocycles. The van der Waals surface area contributed by atoms with Crippen molar-refractivity contribution in [2.24, 2.45) is 5.41 Å². The van der Waals surface area contributed by atoms with Crippen molar-refractivity contribution in [3.8, 4) is 11.3 Å². The molecule has 0 atom stereocenters. The largest absolute Gasteiger partial charge is 0.385 e. The summed E-state index contributed by atoms with van der Waals surface area (Å²) in [5.41, 5.74) is 5.42. The van der Waals surface area contributed by atoms with Gasteiger partial charge in [0.25, 0.3) is 17.7 Å². The molecule has 1 aliphatic carbocycles. The van der Waals surface area contributed by atoms with Crippen molar-refractivity contribution in [2.75, 3.05) is 61.4 Å². The normalized spacial score (nSPS) is 21.6. The van der Waals surface area contributed by atoms with Gasteiger partial charge in [0.05, 0.1) is 34.8 Å². The number of benzene rings is 2. The molecule has 15 nitrogen and oxygen atoms in total. The van der Waals surface area contributed by atoms with E-state index in [2.05, 4.69) is 25.8 Å². The van der Waals surface area contributed by atoms with Crippen molar-refractivity contribution in [1.82, 2.24) is 40.0 Å². The summed E-state index contributed by atoms with van der Waals surface area (Å²) in [5, 5.41) is 13.4. The number of hydrogen-bond donors (Lipinski definition) is 3. The second-order valence-electron chi connectivity index (χ2n) is 17.7. The smallest absolute Gasteiger partial charge is 0.328 e. The number of rotatable bonds is 9. The highest BCUT2D eigenvalue weighted by Gasteiger charge is 2.57. The fourth-order valence-electron chi connectivity index (χ4n) is 10.00. The van der Waals surface area contributed by atoms with E-state index in [1.54, 1.807) is 29.1 Å². The van der Waals surface area contributed by atoms with Crippen molar-refractivity contribution < 1.29 is 32.3 Å². The Morgan fingerprint density at radius 1 is 0.908 bits per heavy atom. The Kier molecular flexibility index (Phi) is 10.9. The van der Waals surface area contributed by atoms with Crippen LogP contribution in [0.2, 0.25) is 5.02 Å². The first-order valence-electron chi connectivity index (χ1n) is 22.0. The van der Waals surface area contributed by atoms with E-state index in [9.17, 15) is 23.6 Å². The monoisotopic (exact) mass is 909 g/mol. The number of anilines is 4. The van der Waals surface area contributed by atoms with E-state index in [1.807, 2.05) is 36.4 Å². The average molecular weight is 910 g/mol. The second-order valence-corrected chi connectivity index (χ2v) is 18.1. The molecular weight excluding hydrogens is 863 g/mol. The van der Waals surface area contributed by atoms with Crippen LogP contribution in [-0.4, -0.2) is 118 Å². The number of imidazole rings is 1. The number of alkyl halides is 3. The van der Waals surface area contributed by atoms with E-state index in [0.29, 0.717) is 68.2 Å². The number of fused-ring (bicyclic) bond motifs is 2. The minimum atomic E-state index is -2.98. The Balaban J connectivity index is 0.781. The van der Waals surface area contributed by atoms with Gasteiger partial charge in [-0.15, -0.1) is 5.10 Å². The van der Waals surface area contributed by atoms with Crippen LogP contribution in [0.1, 0.15) is 70.5 Å². The number of urea groups is 1. The number of pyridine rings is 1. The highest BCUT2D eigenvalue weighted by atomic mass is 35.5. The van der Waals surface area contributed by atoms with Gasteiger partial charge in [-0.3, -0.25) is 34.5 Å². The molecule has 5 amide bonds. The summed E-state index contributed by atoms with van der Waals surface area (Å²) in [6, 6.07) is 15.6. The lowest BCUT2D eigenvalue weighted by Gasteiger charge is -2.51. The topological polar surface area (TPSA) is 160 Å². The molecule has 0 bridgehead atoms. The molecule has 3 saturated heterocycles. The Bertz CT molecular complexity index is 2720. The molecule has 2 aromatic carbocycles. The standard InChI is InChI=1S/C46H47ClF3N11O4/c1-51-35-22-39(56-61-38(24-53-41(35)61)42(63)54-30-20-29(48)21-30)59-14-9-32-31(3-2-4-36(32)59)34-8-5-27(23-52-34)25-57-16-11-45(46(49,50)26-57)12-17-58(18-13-45)43(64)28-6-7-33(47)37(19-28)60-15-10-40(62)55-44(60)65/h2-8,19,22-24,29-30,51H,9-18,20-21,25-26H2,1H3,(H,54,63)(H,55,62,65). The quantitative estimate of drug-likeness (QED) is 0.147. The molecule has 5 aliphatic rings. The maximum Gasteiger partial charge on any atom is 0.328 e. The summed E-state index contributed by atoms with van der Waals surface area (Å²) in [7, 11) is 1.78. The van der Waals surface area contributed by atoms with Crippen LogP contribution in [0.3, 0.4) is 0 Å². The first-order chi connectivity index (χ1) is 31.3. The summed E-state index contributed by atoms with van der Waals surface area (Å²) in [4.78, 5) is 67.0. The third-order valence-electron chi connectivity index (χ3n) is 13.8. The molecule has 5 aromatic rings. The first-order valence-corrected chi connectivity index (χ1v) is 22.3. The fraction of sp³-hybridized carbons (Fsp3) is 0.413. The highest BCUT2D eigenvalue weighted by Crippen LogP contribution is 2.51. The van der Waals surface area contributed by atoms with Gasteiger partial charge in [-0.1, -0.05) is 29.8 Å². The zero-order valence-corrected chi connectivity index (χ0v) is 36.4. The van der Waals surface area contributed by atoms with Gasteiger partial charge < -0.3 is 20.4 Å². The number of aromatic nitrogens is 4. The van der Waals surface area contributed by atoms with Crippen LogP contribution in [0.25, 0.3) is 16.9 Å². The molecule has 0 radical (unpaired) electrons. The third kappa shape index (κ3) is 7.79. The van der Waals surface area contributed by atoms with Crippen molar-refractivity contribution in [1.29, 1.82) is 0 Å². The molecule has 3 aromatic heterocycles. The van der Waals surface area contributed by atoms with Crippen LogP contribution in [0.4, 0.5) is 40.8 Å². The molecule has 338 valence electrons. The van der Waals surface area contributed by atoms with Crippen molar-refractivity contribution in [3.63, 3.8) is 0 Å². The number of nitrogens with one attached hydrogen (secondary N) is 3. The Hall–Kier alpha value is -6.27. The minimum Gasteiger partial charge on any atom is -0.385 e. The molecule has 1 saturated carbocycles. The lowest BCUT2D eigenvalue weighted by Crippen LogP contribution is -2.59. The number of carbonyl (C=O) groups is 4. The summed E-state index contributed by atoms with van der Waals surface area (Å²) in [5.74, 6) is -3.43. The predicted molar refractivity (Wildman–Crippen MR) is 238 cm³/mol. The Labute approximate surface area is 377 Å². The van der Waals surface area contributed by atoms with E-state index in [-0.39, 0.29) is 78.9 Å². The molecule has 19 heteroatoms. The van der Waals surface area contributed by atoms with Gasteiger partial charge in [0, 0.05) is 86.7 Å². The van der Waals surface area contributed by atoms with Crippen molar-refractivity contribution >= 4 is 63.9 Å². The van der Waals surface area contributed by atoms with Crippen molar-refractivity contribution in [3.05, 3.63) is 94.4 Å². The molecule has 7 heterocycles. The number of piperidine rings is 2. The van der Waals surface area contributed by atoms with Gasteiger partial charge in [0.1, 0.15) is 6.17 Å². The zero-order chi connectivity index (χ0) is 45.2. The number of amides is 5. The first kappa shape index (κ1) is 42.7. The number of likely N-dealkylation sites (tertiary alicyclic amines) is 2. The van der Waals surface area contributed by atoms with E-state index in [4.69, 9.17) is 21.7 Å². The summed E-state index contributed by atoms with van der Waals surface area (Å²) in [6.07, 6.45) is 4.38. The third-order valence-corrected chi connectivity index (χ3v) is 14.2. The average Bonchev–Trinajstić information content (AvgIpc) is 3.93. The predicted octanol–water partition coefficient (Wildman–Crippen LogP) is 6.62. The van der Waals surface area contributed by atoms with E-state index < -0.39 is 30.1 Å². The summed E-state index contributed by atoms with van der Waals surface area (Å²) >= 11 is 6.38. The van der Waals surface area contributed by atoms with Crippen LogP contribution in [0, 0.1) is 5.41 Å². The molecular formula is C46H47ClF3N11O4. The fourth-order valence-corrected chi connectivity index (χ4v) is 10.2. The lowest BCUT2D eigenvalue weighted by atomic mass is 9.68. The summed E-state index contributed by atoms with van der Waals surface area (Å²) in [6.45, 7) is 1.51. The van der Waals surface area contributed by atoms with Gasteiger partial charge in [-0.25, -0.2) is 27.5 Å². The number of imide groups is 1. The molecule has 3 N–H and O–H groups in total. The molecule has 0 unspecified atom stereocenters. The van der Waals surface area contributed by atoms with Gasteiger partial charge in [-0.05, 0) is 86.5 Å². The van der Waals surface area contributed by atoms with Gasteiger partial charge in [0.2, 0.25) is 5.91 Å².